The van der Waals surface area contributed by atoms with Gasteiger partial charge in [0.15, 0.2) is 0 Å². The molecule has 0 saturated carbocycles. The minimum Gasteiger partial charge on any atom is -0.254 e. The first kappa shape index (κ1) is 30.9. The van der Waals surface area contributed by atoms with E-state index in [0.29, 0.717) is 0 Å². The van der Waals surface area contributed by atoms with E-state index in [4.69, 9.17) is 9.97 Å². The van der Waals surface area contributed by atoms with Crippen LogP contribution in [0.15, 0.2) is 188 Å². The van der Waals surface area contributed by atoms with Crippen molar-refractivity contribution in [3.63, 3.8) is 0 Å². The van der Waals surface area contributed by atoms with E-state index in [9.17, 15) is 0 Å². The molecule has 3 heterocycles. The lowest BCUT2D eigenvalue weighted by molar-refractivity contribution is 1.37. The predicted molar refractivity (Wildman–Crippen MR) is 236 cm³/mol. The van der Waals surface area contributed by atoms with Crippen LogP contribution in [0.1, 0.15) is 0 Å². The van der Waals surface area contributed by atoms with Crippen molar-refractivity contribution < 1.29 is 0 Å². The third-order valence-corrected chi connectivity index (χ3v) is 11.7. The maximum Gasteiger partial charge on any atom is 0.0970 e. The molecule has 0 aliphatic carbocycles. The normalized spacial score (nSPS) is 11.9. The molecule has 0 amide bonds. The highest BCUT2D eigenvalue weighted by molar-refractivity contribution is 6.31. The van der Waals surface area contributed by atoms with Gasteiger partial charge in [0, 0.05) is 44.9 Å². The third kappa shape index (κ3) is 4.61. The Morgan fingerprint density at radius 3 is 1.70 bits per heavy atom. The first-order valence-electron chi connectivity index (χ1n) is 19.1. The fourth-order valence-electron chi connectivity index (χ4n) is 9.05. The van der Waals surface area contributed by atoms with E-state index in [1.807, 2.05) is 24.5 Å². The van der Waals surface area contributed by atoms with Crippen molar-refractivity contribution in [2.24, 2.45) is 0 Å². The summed E-state index contributed by atoms with van der Waals surface area (Å²) in [6.07, 6.45) is 3.69. The molecule has 0 spiro atoms. The highest BCUT2D eigenvalue weighted by Gasteiger charge is 2.17. The fourth-order valence-corrected chi connectivity index (χ4v) is 9.05. The molecule has 0 bridgehead atoms. The van der Waals surface area contributed by atoms with Gasteiger partial charge in [0.25, 0.3) is 0 Å². The molecular formula is C53H31N3. The van der Waals surface area contributed by atoms with Gasteiger partial charge in [0.05, 0.1) is 22.2 Å². The molecule has 0 saturated heterocycles. The van der Waals surface area contributed by atoms with Crippen molar-refractivity contribution in [1.29, 1.82) is 0 Å². The van der Waals surface area contributed by atoms with Crippen molar-refractivity contribution >= 4 is 86.6 Å². The molecule has 0 aliphatic rings. The molecule has 3 aromatic heterocycles. The summed E-state index contributed by atoms with van der Waals surface area (Å²) < 4.78 is 0. The summed E-state index contributed by atoms with van der Waals surface area (Å²) in [5.41, 5.74) is 9.72. The van der Waals surface area contributed by atoms with E-state index in [1.165, 1.54) is 76.1 Å². The monoisotopic (exact) mass is 709 g/mol. The van der Waals surface area contributed by atoms with E-state index in [2.05, 4.69) is 169 Å². The van der Waals surface area contributed by atoms with Gasteiger partial charge in [0.2, 0.25) is 0 Å². The lowest BCUT2D eigenvalue weighted by Crippen LogP contribution is -1.92. The van der Waals surface area contributed by atoms with Gasteiger partial charge >= 0.3 is 0 Å². The number of nitrogens with zero attached hydrogens (tertiary/aromatic N) is 3. The zero-order valence-electron chi connectivity index (χ0n) is 30.2. The average molecular weight is 710 g/mol. The summed E-state index contributed by atoms with van der Waals surface area (Å²) in [6.45, 7) is 0. The van der Waals surface area contributed by atoms with Crippen molar-refractivity contribution in [2.45, 2.75) is 0 Å². The van der Waals surface area contributed by atoms with Crippen molar-refractivity contribution in [1.82, 2.24) is 15.0 Å². The van der Waals surface area contributed by atoms with E-state index in [0.717, 1.165) is 44.0 Å². The van der Waals surface area contributed by atoms with E-state index in [1.54, 1.807) is 0 Å². The van der Waals surface area contributed by atoms with Crippen LogP contribution in [0, 0.1) is 0 Å². The van der Waals surface area contributed by atoms with Gasteiger partial charge in [-0.25, -0.2) is 4.98 Å². The summed E-state index contributed by atoms with van der Waals surface area (Å²) >= 11 is 0. The lowest BCUT2D eigenvalue weighted by Gasteiger charge is -2.15. The molecular weight excluding hydrogens is 679 g/mol. The van der Waals surface area contributed by atoms with Crippen molar-refractivity contribution in [2.75, 3.05) is 0 Å². The van der Waals surface area contributed by atoms with E-state index in [-0.39, 0.29) is 0 Å². The second kappa shape index (κ2) is 12.0. The van der Waals surface area contributed by atoms with Gasteiger partial charge in [-0.3, -0.25) is 9.97 Å². The standard InChI is InChI=1S/C53H31N3/c1-3-12-42-40(10-1)41-11-2-5-14-44(41)52-49(42)43-13-4-6-15-45(43)50(56-52)34-21-17-32(18-22-34)35-23-19-33-20-24-36-29-37(25-26-39(36)47(33)30-35)48-31-38-9-7-27-54-51(38)53-46(48)16-8-28-55-53/h1-31H. The molecule has 3 nitrogen and oxygen atoms in total. The molecule has 0 unspecified atom stereocenters. The highest BCUT2D eigenvalue weighted by atomic mass is 14.7. The summed E-state index contributed by atoms with van der Waals surface area (Å²) in [5, 5.41) is 15.6. The molecule has 56 heavy (non-hydrogen) atoms. The average Bonchev–Trinajstić information content (AvgIpc) is 3.28. The number of hydrogen-bond acceptors (Lipinski definition) is 3. The molecule has 0 fully saturated rings. The zero-order valence-corrected chi connectivity index (χ0v) is 30.2. The molecule has 0 aliphatic heterocycles. The Morgan fingerprint density at radius 1 is 0.286 bits per heavy atom. The molecule has 9 aromatic carbocycles. The quantitative estimate of drug-likeness (QED) is 0.171. The topological polar surface area (TPSA) is 38.7 Å². The summed E-state index contributed by atoms with van der Waals surface area (Å²) in [5.74, 6) is 0. The van der Waals surface area contributed by atoms with Gasteiger partial charge in [-0.1, -0.05) is 146 Å². The molecule has 0 N–H and O–H groups in total. The minimum atomic E-state index is 0.932. The number of fused-ring (bicyclic) bond motifs is 14. The Kier molecular flexibility index (Phi) is 6.63. The first-order chi connectivity index (χ1) is 27.8. The number of pyridine rings is 3. The Labute approximate surface area is 322 Å². The van der Waals surface area contributed by atoms with Gasteiger partial charge in [-0.2, -0.15) is 0 Å². The maximum atomic E-state index is 5.48. The SMILES string of the molecule is c1cnc2c(c1)cc(-c1ccc3c(ccc4ccc(-c5ccc(-c6nc7c8ccccc8c8ccccc8c7c7ccccc67)cc5)cc43)c1)c1cccnc12. The zero-order chi connectivity index (χ0) is 36.7. The summed E-state index contributed by atoms with van der Waals surface area (Å²) in [4.78, 5) is 14.9. The first-order valence-corrected chi connectivity index (χ1v) is 19.1. The van der Waals surface area contributed by atoms with Crippen LogP contribution in [0.2, 0.25) is 0 Å². The van der Waals surface area contributed by atoms with Gasteiger partial charge in [0.1, 0.15) is 0 Å². The lowest BCUT2D eigenvalue weighted by atomic mass is 9.92. The van der Waals surface area contributed by atoms with Crippen LogP contribution in [-0.2, 0) is 0 Å². The molecule has 0 radical (unpaired) electrons. The number of hydrogen-bond donors (Lipinski definition) is 0. The van der Waals surface area contributed by atoms with Gasteiger partial charge < -0.3 is 0 Å². The molecule has 12 aromatic rings. The summed E-state index contributed by atoms with van der Waals surface area (Å²) in [7, 11) is 0. The van der Waals surface area contributed by atoms with E-state index < -0.39 is 0 Å². The largest absolute Gasteiger partial charge is 0.254 e. The Bertz CT molecular complexity index is 3590. The van der Waals surface area contributed by atoms with Crippen LogP contribution in [-0.4, -0.2) is 15.0 Å². The summed E-state index contributed by atoms with van der Waals surface area (Å²) in [6, 6.07) is 63.7. The highest BCUT2D eigenvalue weighted by Crippen LogP contribution is 2.42. The molecule has 0 atom stereocenters. The molecule has 3 heteroatoms. The van der Waals surface area contributed by atoms with Crippen LogP contribution >= 0.6 is 0 Å². The van der Waals surface area contributed by atoms with Crippen molar-refractivity contribution in [3.05, 3.63) is 188 Å². The van der Waals surface area contributed by atoms with Gasteiger partial charge in [-0.15, -0.1) is 0 Å². The Hall–Kier alpha value is -7.49. The van der Waals surface area contributed by atoms with Crippen LogP contribution in [0.4, 0.5) is 0 Å². The Balaban J connectivity index is 0.971. The van der Waals surface area contributed by atoms with Crippen LogP contribution in [0.25, 0.3) is 120 Å². The smallest absolute Gasteiger partial charge is 0.0970 e. The maximum absolute atomic E-state index is 5.48. The predicted octanol–water partition coefficient (Wildman–Crippen LogP) is 14.1. The second-order valence-corrected chi connectivity index (χ2v) is 14.7. The van der Waals surface area contributed by atoms with Gasteiger partial charge in [-0.05, 0) is 95.7 Å². The van der Waals surface area contributed by atoms with Crippen LogP contribution in [0.5, 0.6) is 0 Å². The van der Waals surface area contributed by atoms with Crippen LogP contribution in [0.3, 0.4) is 0 Å². The fraction of sp³-hybridized carbons (Fsp3) is 0. The number of aromatic nitrogens is 3. The third-order valence-electron chi connectivity index (χ3n) is 11.7. The molecule has 12 rings (SSSR count). The second-order valence-electron chi connectivity index (χ2n) is 14.7. The number of rotatable bonds is 3. The van der Waals surface area contributed by atoms with Crippen LogP contribution < -0.4 is 0 Å². The van der Waals surface area contributed by atoms with Crippen molar-refractivity contribution in [3.8, 4) is 33.5 Å². The van der Waals surface area contributed by atoms with E-state index >= 15 is 0 Å². The number of benzene rings is 9. The molecule has 258 valence electrons. The Morgan fingerprint density at radius 2 is 0.875 bits per heavy atom. The minimum absolute atomic E-state index is 0.932.